The number of rotatable bonds is 1. The van der Waals surface area contributed by atoms with E-state index in [1.54, 1.807) is 0 Å². The number of anilines is 1. The van der Waals surface area contributed by atoms with Gasteiger partial charge in [-0.15, -0.1) is 0 Å². The topological polar surface area (TPSA) is 32.8 Å². The maximum atomic E-state index is 12.6. The third-order valence-corrected chi connectivity index (χ3v) is 4.18. The number of carbonyl (C=O) groups excluding carboxylic acids is 1. The Hall–Kier alpha value is -1.55. The largest absolute Gasteiger partial charge is 0.378 e. The van der Waals surface area contributed by atoms with E-state index in [1.165, 1.54) is 11.1 Å². The lowest BCUT2D eigenvalue weighted by Crippen LogP contribution is -2.47. The van der Waals surface area contributed by atoms with Crippen LogP contribution >= 0.6 is 0 Å². The van der Waals surface area contributed by atoms with Crippen molar-refractivity contribution in [1.29, 1.82) is 0 Å². The predicted octanol–water partition coefficient (Wildman–Crippen LogP) is 2.62. The fraction of sp³-hybridized carbons (Fsp3) is 0.562. The number of carbonyl (C=O) groups is 1. The van der Waals surface area contributed by atoms with Crippen LogP contribution in [0, 0.1) is 0 Å². The van der Waals surface area contributed by atoms with Crippen LogP contribution in [0.15, 0.2) is 18.2 Å². The van der Waals surface area contributed by atoms with Gasteiger partial charge in [0.2, 0.25) is 0 Å². The molecule has 0 saturated carbocycles. The molecule has 3 rings (SSSR count). The summed E-state index contributed by atoms with van der Waals surface area (Å²) >= 11 is 0. The van der Waals surface area contributed by atoms with E-state index in [0.717, 1.165) is 18.7 Å². The molecule has 0 aliphatic carbocycles. The molecule has 0 unspecified atom stereocenters. The summed E-state index contributed by atoms with van der Waals surface area (Å²) in [6.07, 6.45) is 0.964. The second kappa shape index (κ2) is 5.44. The Labute approximate surface area is 120 Å². The molecule has 0 spiro atoms. The third-order valence-electron chi connectivity index (χ3n) is 4.18. The monoisotopic (exact) mass is 274 g/mol. The van der Waals surface area contributed by atoms with E-state index in [9.17, 15) is 4.79 Å². The zero-order valence-corrected chi connectivity index (χ0v) is 12.3. The summed E-state index contributed by atoms with van der Waals surface area (Å²) in [7, 11) is 0. The van der Waals surface area contributed by atoms with Crippen LogP contribution in [0.4, 0.5) is 10.5 Å². The van der Waals surface area contributed by atoms with Gasteiger partial charge < -0.3 is 9.64 Å². The first-order valence-corrected chi connectivity index (χ1v) is 7.44. The standard InChI is InChI=1S/C16H22N2O2/c1-12(2)13-3-4-15-14(11-13)5-6-18(15)16(19)17-7-9-20-10-8-17/h3-4,11-12H,5-10H2,1-2H3. The molecule has 1 saturated heterocycles. The fourth-order valence-electron chi connectivity index (χ4n) is 2.90. The predicted molar refractivity (Wildman–Crippen MR) is 79.4 cm³/mol. The highest BCUT2D eigenvalue weighted by Gasteiger charge is 2.29. The van der Waals surface area contributed by atoms with Crippen LogP contribution in [0.1, 0.15) is 30.9 Å². The van der Waals surface area contributed by atoms with Crippen LogP contribution in [0.5, 0.6) is 0 Å². The highest BCUT2D eigenvalue weighted by atomic mass is 16.5. The number of hydrogen-bond acceptors (Lipinski definition) is 2. The Bertz CT molecular complexity index is 507. The molecule has 108 valence electrons. The summed E-state index contributed by atoms with van der Waals surface area (Å²) in [6.45, 7) is 7.91. The minimum Gasteiger partial charge on any atom is -0.378 e. The van der Waals surface area contributed by atoms with Crippen LogP contribution in [0.2, 0.25) is 0 Å². The molecule has 2 aliphatic heterocycles. The van der Waals surface area contributed by atoms with E-state index in [0.29, 0.717) is 32.2 Å². The van der Waals surface area contributed by atoms with Crippen molar-refractivity contribution in [3.05, 3.63) is 29.3 Å². The van der Waals surface area contributed by atoms with Crippen molar-refractivity contribution in [3.63, 3.8) is 0 Å². The molecule has 0 aromatic heterocycles. The van der Waals surface area contributed by atoms with Crippen molar-refractivity contribution < 1.29 is 9.53 Å². The summed E-state index contributed by atoms with van der Waals surface area (Å²) in [5, 5.41) is 0. The summed E-state index contributed by atoms with van der Waals surface area (Å²) in [4.78, 5) is 16.4. The van der Waals surface area contributed by atoms with Gasteiger partial charge in [0.1, 0.15) is 0 Å². The normalized spacial score (nSPS) is 18.6. The van der Waals surface area contributed by atoms with E-state index < -0.39 is 0 Å². The van der Waals surface area contributed by atoms with E-state index in [1.807, 2.05) is 9.80 Å². The number of urea groups is 1. The Balaban J connectivity index is 1.80. The van der Waals surface area contributed by atoms with E-state index in [-0.39, 0.29) is 6.03 Å². The minimum atomic E-state index is 0.129. The molecule has 2 aliphatic rings. The lowest BCUT2D eigenvalue weighted by molar-refractivity contribution is 0.0550. The first-order valence-electron chi connectivity index (χ1n) is 7.44. The van der Waals surface area contributed by atoms with Gasteiger partial charge in [-0.25, -0.2) is 4.79 Å². The van der Waals surface area contributed by atoms with Gasteiger partial charge in [0, 0.05) is 25.3 Å². The molecular weight excluding hydrogens is 252 g/mol. The van der Waals surface area contributed by atoms with Gasteiger partial charge in [-0.3, -0.25) is 4.90 Å². The maximum Gasteiger partial charge on any atom is 0.324 e. The number of benzene rings is 1. The second-order valence-electron chi connectivity index (χ2n) is 5.83. The van der Waals surface area contributed by atoms with Gasteiger partial charge in [-0.1, -0.05) is 26.0 Å². The third kappa shape index (κ3) is 2.40. The average molecular weight is 274 g/mol. The number of fused-ring (bicyclic) bond motifs is 1. The molecular formula is C16H22N2O2. The Kier molecular flexibility index (Phi) is 3.66. The van der Waals surface area contributed by atoms with Crippen LogP contribution in [0.3, 0.4) is 0 Å². The Morgan fingerprint density at radius 2 is 1.95 bits per heavy atom. The lowest BCUT2D eigenvalue weighted by atomic mass is 10.00. The van der Waals surface area contributed by atoms with Crippen LogP contribution < -0.4 is 4.90 Å². The van der Waals surface area contributed by atoms with Gasteiger partial charge in [0.25, 0.3) is 0 Å². The van der Waals surface area contributed by atoms with Crippen LogP contribution in [0.25, 0.3) is 0 Å². The number of hydrogen-bond donors (Lipinski definition) is 0. The molecule has 2 heterocycles. The van der Waals surface area contributed by atoms with Crippen molar-refractivity contribution in [1.82, 2.24) is 4.90 Å². The highest BCUT2D eigenvalue weighted by Crippen LogP contribution is 2.31. The molecule has 20 heavy (non-hydrogen) atoms. The zero-order valence-electron chi connectivity index (χ0n) is 12.3. The van der Waals surface area contributed by atoms with E-state index in [4.69, 9.17) is 4.74 Å². The molecule has 0 bridgehead atoms. The number of morpholine rings is 1. The van der Waals surface area contributed by atoms with Gasteiger partial charge in [-0.2, -0.15) is 0 Å². The number of amides is 2. The van der Waals surface area contributed by atoms with Crippen LogP contribution in [-0.4, -0.2) is 43.8 Å². The smallest absolute Gasteiger partial charge is 0.324 e. The summed E-state index contributed by atoms with van der Waals surface area (Å²) in [6, 6.07) is 6.64. The summed E-state index contributed by atoms with van der Waals surface area (Å²) in [5.74, 6) is 0.532. The van der Waals surface area contributed by atoms with E-state index in [2.05, 4.69) is 32.0 Å². The van der Waals surface area contributed by atoms with Gasteiger partial charge >= 0.3 is 6.03 Å². The van der Waals surface area contributed by atoms with Gasteiger partial charge in [0.15, 0.2) is 0 Å². The molecule has 4 nitrogen and oxygen atoms in total. The van der Waals surface area contributed by atoms with Gasteiger partial charge in [-0.05, 0) is 29.5 Å². The lowest BCUT2D eigenvalue weighted by Gasteiger charge is -2.31. The molecule has 0 atom stereocenters. The molecule has 1 fully saturated rings. The molecule has 2 amide bonds. The van der Waals surface area contributed by atoms with Crippen molar-refractivity contribution in [2.75, 3.05) is 37.7 Å². The summed E-state index contributed by atoms with van der Waals surface area (Å²) < 4.78 is 5.31. The van der Waals surface area contributed by atoms with Crippen LogP contribution in [-0.2, 0) is 11.2 Å². The van der Waals surface area contributed by atoms with Crippen molar-refractivity contribution in [2.24, 2.45) is 0 Å². The first-order chi connectivity index (χ1) is 9.66. The molecule has 0 N–H and O–H groups in total. The first kappa shape index (κ1) is 13.4. The Morgan fingerprint density at radius 1 is 1.20 bits per heavy atom. The minimum absolute atomic E-state index is 0.129. The van der Waals surface area contributed by atoms with E-state index >= 15 is 0 Å². The van der Waals surface area contributed by atoms with Crippen molar-refractivity contribution in [3.8, 4) is 0 Å². The van der Waals surface area contributed by atoms with Crippen molar-refractivity contribution >= 4 is 11.7 Å². The quantitative estimate of drug-likeness (QED) is 0.788. The Morgan fingerprint density at radius 3 is 2.65 bits per heavy atom. The molecule has 1 aromatic carbocycles. The van der Waals surface area contributed by atoms with Gasteiger partial charge in [0.05, 0.1) is 13.2 Å². The molecule has 1 aromatic rings. The number of ether oxygens (including phenoxy) is 1. The number of nitrogens with zero attached hydrogens (tertiary/aromatic N) is 2. The average Bonchev–Trinajstić information content (AvgIpc) is 2.90. The zero-order chi connectivity index (χ0) is 14.1. The highest BCUT2D eigenvalue weighted by molar-refractivity contribution is 5.94. The molecule has 0 radical (unpaired) electrons. The van der Waals surface area contributed by atoms with Crippen molar-refractivity contribution in [2.45, 2.75) is 26.2 Å². The summed E-state index contributed by atoms with van der Waals surface area (Å²) in [5.41, 5.74) is 3.74. The molecule has 4 heteroatoms. The maximum absolute atomic E-state index is 12.6. The SMILES string of the molecule is CC(C)c1ccc2c(c1)CCN2C(=O)N1CCOCC1. The fourth-order valence-corrected chi connectivity index (χ4v) is 2.90. The second-order valence-corrected chi connectivity index (χ2v) is 5.83.